The molecule has 2 fully saturated rings. The SMILES string of the molecule is CO[C@@H]1O[C@H](COCc2ccccc2)[C@H](O[C@H]2O[C@H](COCc3ccccc3)[C@H](OCc3ccccc3)[C@H](OCc3ccccc3)[C@H]2OCc2ccccc2)[C@H](OCc2ccccc2)[C@H]1O. The summed E-state index contributed by atoms with van der Waals surface area (Å²) in [6.45, 7) is 1.83. The molecule has 2 aliphatic heterocycles. The van der Waals surface area contributed by atoms with E-state index in [1.807, 2.05) is 182 Å². The second kappa shape index (κ2) is 25.1. The molecule has 11 nitrogen and oxygen atoms in total. The number of aliphatic hydroxyl groups excluding tert-OH is 1. The van der Waals surface area contributed by atoms with E-state index < -0.39 is 61.4 Å². The van der Waals surface area contributed by atoms with E-state index in [1.54, 1.807) is 0 Å². The Balaban J connectivity index is 1.16. The van der Waals surface area contributed by atoms with Crippen molar-refractivity contribution in [1.29, 1.82) is 0 Å². The second-order valence-corrected chi connectivity index (χ2v) is 16.5. The lowest BCUT2D eigenvalue weighted by molar-refractivity contribution is -0.373. The quantitative estimate of drug-likeness (QED) is 0.0668. The number of benzene rings is 6. The van der Waals surface area contributed by atoms with Crippen LogP contribution in [-0.2, 0) is 87.0 Å². The molecule has 8 rings (SSSR count). The summed E-state index contributed by atoms with van der Waals surface area (Å²) in [5.41, 5.74) is 5.84. The Morgan fingerprint density at radius 3 is 1.08 bits per heavy atom. The lowest BCUT2D eigenvalue weighted by Crippen LogP contribution is -2.66. The second-order valence-electron chi connectivity index (χ2n) is 16.5. The molecule has 0 unspecified atom stereocenters. The van der Waals surface area contributed by atoms with E-state index >= 15 is 0 Å². The van der Waals surface area contributed by atoms with E-state index in [1.165, 1.54) is 7.11 Å². The molecule has 0 aliphatic carbocycles. The normalized spacial score (nSPS) is 25.4. The molecule has 2 heterocycles. The monoisotopic (exact) mass is 896 g/mol. The minimum Gasteiger partial charge on any atom is -0.385 e. The molecule has 66 heavy (non-hydrogen) atoms. The molecular weight excluding hydrogens is 837 g/mol. The first-order valence-corrected chi connectivity index (χ1v) is 22.6. The topological polar surface area (TPSA) is 113 Å². The van der Waals surface area contributed by atoms with E-state index in [0.29, 0.717) is 13.2 Å². The third-order valence-electron chi connectivity index (χ3n) is 11.7. The summed E-state index contributed by atoms with van der Waals surface area (Å²) in [6.07, 6.45) is -9.14. The number of aliphatic hydroxyl groups is 1. The third kappa shape index (κ3) is 13.5. The first-order chi connectivity index (χ1) is 32.6. The molecule has 2 saturated heterocycles. The van der Waals surface area contributed by atoms with E-state index in [-0.39, 0.29) is 39.6 Å². The van der Waals surface area contributed by atoms with Crippen LogP contribution in [0.1, 0.15) is 33.4 Å². The fourth-order valence-electron chi connectivity index (χ4n) is 8.22. The lowest BCUT2D eigenvalue weighted by Gasteiger charge is -2.49. The predicted octanol–water partition coefficient (Wildman–Crippen LogP) is 8.60. The van der Waals surface area contributed by atoms with Crippen molar-refractivity contribution < 1.29 is 52.5 Å². The number of hydrogen-bond donors (Lipinski definition) is 1. The van der Waals surface area contributed by atoms with Crippen molar-refractivity contribution >= 4 is 0 Å². The first kappa shape index (κ1) is 47.4. The fourth-order valence-corrected chi connectivity index (χ4v) is 8.22. The van der Waals surface area contributed by atoms with Crippen LogP contribution in [0.15, 0.2) is 182 Å². The molecule has 0 radical (unpaired) electrons. The van der Waals surface area contributed by atoms with Crippen molar-refractivity contribution in [2.45, 2.75) is 101 Å². The number of methoxy groups -OCH3 is 1. The van der Waals surface area contributed by atoms with Gasteiger partial charge in [0.15, 0.2) is 12.6 Å². The van der Waals surface area contributed by atoms with Crippen LogP contribution in [0.5, 0.6) is 0 Å². The summed E-state index contributed by atoms with van der Waals surface area (Å²) in [6, 6.07) is 59.6. The predicted molar refractivity (Wildman–Crippen MR) is 247 cm³/mol. The Labute approximate surface area is 388 Å². The Hall–Kier alpha value is -5.12. The van der Waals surface area contributed by atoms with Gasteiger partial charge in [-0.1, -0.05) is 182 Å². The van der Waals surface area contributed by atoms with Crippen LogP contribution in [0.3, 0.4) is 0 Å². The Morgan fingerprint density at radius 1 is 0.364 bits per heavy atom. The van der Waals surface area contributed by atoms with Crippen LogP contribution >= 0.6 is 0 Å². The standard InChI is InChI=1S/C55H60O11/c1-57-54-48(56)51(61-35-43-26-14-5-15-27-43)50(47(64-54)39-59-33-41-22-10-3-11-23-41)66-55-53(63-37-45-30-18-7-19-31-45)52(62-36-44-28-16-6-17-29-44)49(60-34-42-24-12-4-13-25-42)46(65-55)38-58-32-40-20-8-2-9-21-40/h2-31,46-56H,32-39H2,1H3/t46-,47-,48-,49+,50+,51-,52+,53-,54-,55-/m1/s1. The minimum atomic E-state index is -1.25. The molecule has 0 spiro atoms. The third-order valence-corrected chi connectivity index (χ3v) is 11.7. The molecule has 6 aromatic rings. The van der Waals surface area contributed by atoms with Gasteiger partial charge in [0.2, 0.25) is 0 Å². The zero-order valence-electron chi connectivity index (χ0n) is 37.3. The average Bonchev–Trinajstić information content (AvgIpc) is 3.37. The lowest BCUT2D eigenvalue weighted by atomic mass is 9.96. The molecule has 346 valence electrons. The van der Waals surface area contributed by atoms with Crippen LogP contribution in [0.25, 0.3) is 0 Å². The van der Waals surface area contributed by atoms with E-state index in [4.69, 9.17) is 47.4 Å². The summed E-state index contributed by atoms with van der Waals surface area (Å²) in [5.74, 6) is 0. The van der Waals surface area contributed by atoms with Gasteiger partial charge in [-0.2, -0.15) is 0 Å². The van der Waals surface area contributed by atoms with Gasteiger partial charge in [-0.25, -0.2) is 0 Å². The Morgan fingerprint density at radius 2 is 0.682 bits per heavy atom. The smallest absolute Gasteiger partial charge is 0.187 e. The van der Waals surface area contributed by atoms with Gasteiger partial charge in [-0.15, -0.1) is 0 Å². The van der Waals surface area contributed by atoms with Gasteiger partial charge in [0.1, 0.15) is 48.8 Å². The Kier molecular flexibility index (Phi) is 18.0. The van der Waals surface area contributed by atoms with Crippen LogP contribution in [-0.4, -0.2) is 86.8 Å². The van der Waals surface area contributed by atoms with E-state index in [2.05, 4.69) is 0 Å². The van der Waals surface area contributed by atoms with Crippen molar-refractivity contribution in [3.05, 3.63) is 215 Å². The molecule has 6 aromatic carbocycles. The summed E-state index contributed by atoms with van der Waals surface area (Å²) < 4.78 is 66.8. The number of hydrogen-bond acceptors (Lipinski definition) is 11. The maximum Gasteiger partial charge on any atom is 0.187 e. The van der Waals surface area contributed by atoms with Crippen molar-refractivity contribution in [1.82, 2.24) is 0 Å². The zero-order chi connectivity index (χ0) is 45.2. The average molecular weight is 897 g/mol. The van der Waals surface area contributed by atoms with Crippen LogP contribution in [0.2, 0.25) is 0 Å². The van der Waals surface area contributed by atoms with E-state index in [9.17, 15) is 5.11 Å². The molecular formula is C55H60O11. The molecule has 0 aromatic heterocycles. The van der Waals surface area contributed by atoms with Gasteiger partial charge < -0.3 is 52.5 Å². The summed E-state index contributed by atoms with van der Waals surface area (Å²) >= 11 is 0. The van der Waals surface area contributed by atoms with E-state index in [0.717, 1.165) is 33.4 Å². The molecule has 11 heteroatoms. The van der Waals surface area contributed by atoms with Gasteiger partial charge in [-0.3, -0.25) is 0 Å². The van der Waals surface area contributed by atoms with Crippen LogP contribution < -0.4 is 0 Å². The van der Waals surface area contributed by atoms with Crippen LogP contribution in [0.4, 0.5) is 0 Å². The minimum absolute atomic E-state index is 0.0833. The van der Waals surface area contributed by atoms with Gasteiger partial charge in [-0.05, 0) is 33.4 Å². The van der Waals surface area contributed by atoms with Gasteiger partial charge >= 0.3 is 0 Å². The fraction of sp³-hybridized carbons (Fsp3) is 0.345. The first-order valence-electron chi connectivity index (χ1n) is 22.6. The van der Waals surface area contributed by atoms with Crippen molar-refractivity contribution in [2.24, 2.45) is 0 Å². The summed E-state index contributed by atoms with van der Waals surface area (Å²) in [4.78, 5) is 0. The van der Waals surface area contributed by atoms with Gasteiger partial charge in [0, 0.05) is 7.11 Å². The molecule has 1 N–H and O–H groups in total. The summed E-state index contributed by atoms with van der Waals surface area (Å²) in [7, 11) is 1.49. The maximum absolute atomic E-state index is 12.0. The van der Waals surface area contributed by atoms with Gasteiger partial charge in [0.25, 0.3) is 0 Å². The Bertz CT molecular complexity index is 2220. The van der Waals surface area contributed by atoms with Crippen molar-refractivity contribution in [2.75, 3.05) is 20.3 Å². The van der Waals surface area contributed by atoms with Crippen molar-refractivity contribution in [3.8, 4) is 0 Å². The highest BCUT2D eigenvalue weighted by Gasteiger charge is 2.54. The number of ether oxygens (including phenoxy) is 10. The largest absolute Gasteiger partial charge is 0.385 e. The molecule has 0 saturated carbocycles. The molecule has 10 atom stereocenters. The number of rotatable bonds is 23. The van der Waals surface area contributed by atoms with Crippen LogP contribution in [0, 0.1) is 0 Å². The summed E-state index contributed by atoms with van der Waals surface area (Å²) in [5, 5.41) is 12.0. The maximum atomic E-state index is 12.0. The highest BCUT2D eigenvalue weighted by Crippen LogP contribution is 2.36. The zero-order valence-corrected chi connectivity index (χ0v) is 37.3. The highest BCUT2D eigenvalue weighted by molar-refractivity contribution is 5.18. The highest BCUT2D eigenvalue weighted by atomic mass is 16.8. The molecule has 2 aliphatic rings. The van der Waals surface area contributed by atoms with Gasteiger partial charge in [0.05, 0.1) is 52.9 Å². The molecule has 0 bridgehead atoms. The van der Waals surface area contributed by atoms with Crippen molar-refractivity contribution in [3.63, 3.8) is 0 Å². The molecule has 0 amide bonds.